The molecule has 2 N–H and O–H groups in total. The summed E-state index contributed by atoms with van der Waals surface area (Å²) < 4.78 is 36.3. The minimum atomic E-state index is -4.64. The zero-order valence-electron chi connectivity index (χ0n) is 17.0. The number of hydrogen-bond acceptors (Lipinski definition) is 5. The van der Waals surface area contributed by atoms with Crippen LogP contribution in [-0.4, -0.2) is 55.5 Å². The normalized spacial score (nSPS) is 16.9. The fourth-order valence-electron chi connectivity index (χ4n) is 3.18. The highest BCUT2D eigenvalue weighted by Gasteiger charge is 2.45. The average Bonchev–Trinajstić information content (AvgIpc) is 2.72. The highest BCUT2D eigenvalue weighted by molar-refractivity contribution is 6.30. The number of likely N-dealkylation sites (tertiary alicyclic amines) is 1. The molecule has 1 aromatic rings. The van der Waals surface area contributed by atoms with Gasteiger partial charge in [-0.3, -0.25) is 14.4 Å². The molecule has 1 aliphatic rings. The SMILES string of the molecule is COC(=O)C1(c2ccc(Cl)cc2)CCN(C(=O)[C@H](N)C(C)C)CC1.O=CC(F)(F)F. The van der Waals surface area contributed by atoms with Crippen molar-refractivity contribution in [2.75, 3.05) is 20.2 Å². The van der Waals surface area contributed by atoms with E-state index in [0.717, 1.165) is 5.56 Å². The van der Waals surface area contributed by atoms with E-state index in [4.69, 9.17) is 26.9 Å². The second kappa shape index (κ2) is 10.8. The Morgan fingerprint density at radius 1 is 1.20 bits per heavy atom. The Balaban J connectivity index is 0.000000656. The van der Waals surface area contributed by atoms with E-state index in [1.54, 1.807) is 17.0 Å². The van der Waals surface area contributed by atoms with Gasteiger partial charge in [-0.2, -0.15) is 13.2 Å². The number of halogens is 4. The maximum Gasteiger partial charge on any atom is 0.446 e. The number of ether oxygens (including phenoxy) is 1. The molecule has 10 heteroatoms. The first-order valence-electron chi connectivity index (χ1n) is 9.30. The van der Waals surface area contributed by atoms with Crippen molar-refractivity contribution in [3.63, 3.8) is 0 Å². The first-order chi connectivity index (χ1) is 13.9. The van der Waals surface area contributed by atoms with Crippen LogP contribution in [0.3, 0.4) is 0 Å². The summed E-state index contributed by atoms with van der Waals surface area (Å²) in [4.78, 5) is 35.4. The fourth-order valence-corrected chi connectivity index (χ4v) is 3.31. The summed E-state index contributed by atoms with van der Waals surface area (Å²) in [5.41, 5.74) is 6.11. The zero-order chi connectivity index (χ0) is 23.1. The number of rotatable bonds is 4. The molecule has 0 unspecified atom stereocenters. The smallest absolute Gasteiger partial charge is 0.446 e. The fraction of sp³-hybridized carbons (Fsp3) is 0.550. The van der Waals surface area contributed by atoms with Gasteiger partial charge in [-0.15, -0.1) is 0 Å². The van der Waals surface area contributed by atoms with Crippen LogP contribution in [0.5, 0.6) is 0 Å². The molecular formula is C20H26ClF3N2O4. The molecule has 168 valence electrons. The molecule has 1 atom stereocenters. The van der Waals surface area contributed by atoms with Crippen molar-refractivity contribution in [3.8, 4) is 0 Å². The Labute approximate surface area is 178 Å². The Bertz CT molecular complexity index is 731. The Morgan fingerprint density at radius 3 is 2.03 bits per heavy atom. The lowest BCUT2D eigenvalue weighted by atomic mass is 9.72. The molecule has 0 radical (unpaired) electrons. The van der Waals surface area contributed by atoms with Crippen LogP contribution >= 0.6 is 11.6 Å². The molecule has 1 fully saturated rings. The number of methoxy groups -OCH3 is 1. The minimum absolute atomic E-state index is 0.0560. The number of carbonyl (C=O) groups excluding carboxylic acids is 3. The van der Waals surface area contributed by atoms with Crippen LogP contribution in [0.15, 0.2) is 24.3 Å². The number of hydrogen-bond donors (Lipinski definition) is 1. The van der Waals surface area contributed by atoms with Gasteiger partial charge in [0.15, 0.2) is 0 Å². The van der Waals surface area contributed by atoms with Crippen LogP contribution in [0, 0.1) is 5.92 Å². The van der Waals surface area contributed by atoms with E-state index < -0.39 is 23.9 Å². The summed E-state index contributed by atoms with van der Waals surface area (Å²) in [7, 11) is 1.40. The van der Waals surface area contributed by atoms with Gasteiger partial charge in [-0.25, -0.2) is 0 Å². The van der Waals surface area contributed by atoms with E-state index in [0.29, 0.717) is 31.0 Å². The van der Waals surface area contributed by atoms with Crippen molar-refractivity contribution in [2.45, 2.75) is 44.3 Å². The van der Waals surface area contributed by atoms with E-state index in [1.807, 2.05) is 26.0 Å². The van der Waals surface area contributed by atoms with E-state index in [9.17, 15) is 22.8 Å². The quantitative estimate of drug-likeness (QED) is 0.562. The van der Waals surface area contributed by atoms with Gasteiger partial charge >= 0.3 is 12.1 Å². The third-order valence-corrected chi connectivity index (χ3v) is 5.29. The topological polar surface area (TPSA) is 89.7 Å². The number of benzene rings is 1. The average molecular weight is 451 g/mol. The molecular weight excluding hydrogens is 425 g/mol. The van der Waals surface area contributed by atoms with Crippen LogP contribution in [0.1, 0.15) is 32.3 Å². The number of carbonyl (C=O) groups is 3. The van der Waals surface area contributed by atoms with Crippen LogP contribution in [0.4, 0.5) is 13.2 Å². The molecule has 0 spiro atoms. The number of alkyl halides is 3. The number of piperidine rings is 1. The first kappa shape index (κ1) is 25.9. The molecule has 2 rings (SSSR count). The van der Waals surface area contributed by atoms with Crippen LogP contribution in [-0.2, 0) is 24.5 Å². The molecule has 1 heterocycles. The lowest BCUT2D eigenvalue weighted by Gasteiger charge is -2.41. The van der Waals surface area contributed by atoms with E-state index in [1.165, 1.54) is 7.11 Å². The van der Waals surface area contributed by atoms with Crippen molar-refractivity contribution >= 4 is 29.8 Å². The molecule has 1 saturated heterocycles. The van der Waals surface area contributed by atoms with Crippen LogP contribution < -0.4 is 5.73 Å². The van der Waals surface area contributed by atoms with Gasteiger partial charge in [0.2, 0.25) is 12.2 Å². The van der Waals surface area contributed by atoms with Crippen LogP contribution in [0.2, 0.25) is 5.02 Å². The number of nitrogens with zero attached hydrogens (tertiary/aromatic N) is 1. The van der Waals surface area contributed by atoms with Crippen molar-refractivity contribution in [3.05, 3.63) is 34.9 Å². The summed E-state index contributed by atoms with van der Waals surface area (Å²) in [5.74, 6) is -0.245. The Hall–Kier alpha value is -2.13. The summed E-state index contributed by atoms with van der Waals surface area (Å²) in [6.07, 6.45) is -4.68. The Morgan fingerprint density at radius 2 is 1.67 bits per heavy atom. The van der Waals surface area contributed by atoms with E-state index in [2.05, 4.69) is 0 Å². The largest absolute Gasteiger partial charge is 0.468 e. The third-order valence-electron chi connectivity index (χ3n) is 5.04. The highest BCUT2D eigenvalue weighted by atomic mass is 35.5. The molecule has 1 aromatic carbocycles. The summed E-state index contributed by atoms with van der Waals surface area (Å²) in [6.45, 7) is 4.83. The van der Waals surface area contributed by atoms with Gasteiger partial charge in [0.05, 0.1) is 18.6 Å². The van der Waals surface area contributed by atoms with Gasteiger partial charge in [0, 0.05) is 18.1 Å². The second-order valence-corrected chi connectivity index (χ2v) is 7.77. The molecule has 0 aromatic heterocycles. The van der Waals surface area contributed by atoms with Crippen molar-refractivity contribution in [1.29, 1.82) is 0 Å². The molecule has 1 aliphatic heterocycles. The van der Waals surface area contributed by atoms with Crippen molar-refractivity contribution in [2.24, 2.45) is 11.7 Å². The van der Waals surface area contributed by atoms with Crippen molar-refractivity contribution < 1.29 is 32.3 Å². The summed E-state index contributed by atoms with van der Waals surface area (Å²) in [6, 6.07) is 6.75. The van der Waals surface area contributed by atoms with E-state index in [-0.39, 0.29) is 17.8 Å². The molecule has 6 nitrogen and oxygen atoms in total. The number of aldehydes is 1. The lowest BCUT2D eigenvalue weighted by molar-refractivity contribution is -0.156. The lowest BCUT2D eigenvalue weighted by Crippen LogP contribution is -2.54. The minimum Gasteiger partial charge on any atom is -0.468 e. The summed E-state index contributed by atoms with van der Waals surface area (Å²) in [5, 5.41) is 0.620. The van der Waals surface area contributed by atoms with Gasteiger partial charge < -0.3 is 15.4 Å². The monoisotopic (exact) mass is 450 g/mol. The van der Waals surface area contributed by atoms with Crippen molar-refractivity contribution in [1.82, 2.24) is 4.90 Å². The van der Waals surface area contributed by atoms with E-state index >= 15 is 0 Å². The molecule has 0 bridgehead atoms. The second-order valence-electron chi connectivity index (χ2n) is 7.34. The van der Waals surface area contributed by atoms with Gasteiger partial charge in [0.1, 0.15) is 0 Å². The maximum absolute atomic E-state index is 12.5. The number of esters is 1. The first-order valence-corrected chi connectivity index (χ1v) is 9.67. The molecule has 0 saturated carbocycles. The maximum atomic E-state index is 12.5. The third kappa shape index (κ3) is 6.70. The highest BCUT2D eigenvalue weighted by Crippen LogP contribution is 2.37. The molecule has 30 heavy (non-hydrogen) atoms. The number of amides is 1. The molecule has 1 amide bonds. The predicted octanol–water partition coefficient (Wildman–Crippen LogP) is 3.10. The predicted molar refractivity (Wildman–Crippen MR) is 106 cm³/mol. The standard InChI is InChI=1S/C18H25ClN2O3.C2HF3O/c1-12(2)15(20)16(22)21-10-8-18(9-11-21,17(23)24-3)13-4-6-14(19)7-5-13;3-2(4,5)1-6/h4-7,12,15H,8-11,20H2,1-3H3;1H/t15-;/m1./s1. The summed E-state index contributed by atoms with van der Waals surface area (Å²) >= 11 is 5.96. The Kier molecular flexibility index (Phi) is 9.30. The molecule has 0 aliphatic carbocycles. The van der Waals surface area contributed by atoms with Gasteiger partial charge in [-0.1, -0.05) is 37.6 Å². The number of nitrogens with two attached hydrogens (primary N) is 1. The van der Waals surface area contributed by atoms with Gasteiger partial charge in [-0.05, 0) is 36.5 Å². The van der Waals surface area contributed by atoms with Crippen LogP contribution in [0.25, 0.3) is 0 Å². The zero-order valence-corrected chi connectivity index (χ0v) is 17.8. The van der Waals surface area contributed by atoms with Gasteiger partial charge in [0.25, 0.3) is 0 Å².